The predicted molar refractivity (Wildman–Crippen MR) is 83.3 cm³/mol. The van der Waals surface area contributed by atoms with Gasteiger partial charge in [0.25, 0.3) is 0 Å². The molecule has 20 heavy (non-hydrogen) atoms. The fraction of sp³-hybridized carbons (Fsp3) is 0.562. The maximum absolute atomic E-state index is 12.2. The molecule has 1 aliphatic rings. The summed E-state index contributed by atoms with van der Waals surface area (Å²) in [6.07, 6.45) is 2.39. The lowest BCUT2D eigenvalue weighted by Gasteiger charge is -2.30. The SMILES string of the molecule is CCOc1ccc(SCC(=O)N2CCCC(C)C2)cc1. The fourth-order valence-electron chi connectivity index (χ4n) is 2.45. The number of rotatable bonds is 5. The summed E-state index contributed by atoms with van der Waals surface area (Å²) in [5.74, 6) is 2.31. The third-order valence-corrected chi connectivity index (χ3v) is 4.50. The molecule has 0 bridgehead atoms. The molecule has 4 heteroatoms. The molecule has 1 aromatic rings. The molecule has 3 nitrogen and oxygen atoms in total. The Bertz CT molecular complexity index is 433. The molecule has 2 rings (SSSR count). The molecule has 110 valence electrons. The number of likely N-dealkylation sites (tertiary alicyclic amines) is 1. The molecule has 0 saturated carbocycles. The Kier molecular flexibility index (Phi) is 5.77. The Morgan fingerprint density at radius 1 is 1.40 bits per heavy atom. The highest BCUT2D eigenvalue weighted by Crippen LogP contribution is 2.23. The summed E-state index contributed by atoms with van der Waals surface area (Å²) in [7, 11) is 0. The van der Waals surface area contributed by atoms with Crippen LogP contribution in [0.4, 0.5) is 0 Å². The molecule has 1 heterocycles. The number of ether oxygens (including phenoxy) is 1. The van der Waals surface area contributed by atoms with Crippen molar-refractivity contribution in [1.29, 1.82) is 0 Å². The van der Waals surface area contributed by atoms with Gasteiger partial charge in [0, 0.05) is 18.0 Å². The monoisotopic (exact) mass is 293 g/mol. The summed E-state index contributed by atoms with van der Waals surface area (Å²) in [5, 5.41) is 0. The van der Waals surface area contributed by atoms with Gasteiger partial charge in [0.1, 0.15) is 5.75 Å². The predicted octanol–water partition coefficient (Wildman–Crippen LogP) is 3.44. The Morgan fingerprint density at radius 3 is 2.80 bits per heavy atom. The van der Waals surface area contributed by atoms with Crippen molar-refractivity contribution in [2.45, 2.75) is 31.6 Å². The van der Waals surface area contributed by atoms with Crippen LogP contribution in [-0.2, 0) is 4.79 Å². The first kappa shape index (κ1) is 15.2. The summed E-state index contributed by atoms with van der Waals surface area (Å²) in [5.41, 5.74) is 0. The maximum Gasteiger partial charge on any atom is 0.232 e. The van der Waals surface area contributed by atoms with E-state index in [1.54, 1.807) is 11.8 Å². The minimum Gasteiger partial charge on any atom is -0.494 e. The maximum atomic E-state index is 12.2. The van der Waals surface area contributed by atoms with Gasteiger partial charge in [-0.15, -0.1) is 11.8 Å². The van der Waals surface area contributed by atoms with E-state index in [0.717, 1.165) is 30.2 Å². The van der Waals surface area contributed by atoms with Crippen molar-refractivity contribution >= 4 is 17.7 Å². The second-order valence-electron chi connectivity index (χ2n) is 5.28. The zero-order valence-electron chi connectivity index (χ0n) is 12.3. The third kappa shape index (κ3) is 4.44. The number of hydrogen-bond acceptors (Lipinski definition) is 3. The van der Waals surface area contributed by atoms with Gasteiger partial charge < -0.3 is 9.64 Å². The molecule has 0 aromatic heterocycles. The zero-order chi connectivity index (χ0) is 14.4. The standard InChI is InChI=1S/C16H23NO2S/c1-3-19-14-6-8-15(9-7-14)20-12-16(18)17-10-4-5-13(2)11-17/h6-9,13H,3-5,10-12H2,1-2H3. The van der Waals surface area contributed by atoms with Gasteiger partial charge in [-0.05, 0) is 49.9 Å². The lowest BCUT2D eigenvalue weighted by molar-refractivity contribution is -0.130. The van der Waals surface area contributed by atoms with Crippen LogP contribution in [0, 0.1) is 5.92 Å². The average Bonchev–Trinajstić information content (AvgIpc) is 2.46. The lowest BCUT2D eigenvalue weighted by Crippen LogP contribution is -2.40. The molecule has 1 unspecified atom stereocenters. The van der Waals surface area contributed by atoms with Crippen LogP contribution in [0.15, 0.2) is 29.2 Å². The van der Waals surface area contributed by atoms with E-state index >= 15 is 0 Å². The van der Waals surface area contributed by atoms with Crippen LogP contribution in [0.5, 0.6) is 5.75 Å². The van der Waals surface area contributed by atoms with Crippen molar-refractivity contribution in [3.05, 3.63) is 24.3 Å². The van der Waals surface area contributed by atoms with Crippen molar-refractivity contribution < 1.29 is 9.53 Å². The van der Waals surface area contributed by atoms with Crippen LogP contribution in [0.1, 0.15) is 26.7 Å². The second kappa shape index (κ2) is 7.58. The third-order valence-electron chi connectivity index (χ3n) is 3.51. The van der Waals surface area contributed by atoms with E-state index in [-0.39, 0.29) is 5.91 Å². The number of hydrogen-bond donors (Lipinski definition) is 0. The minimum absolute atomic E-state index is 0.260. The summed E-state index contributed by atoms with van der Waals surface area (Å²) >= 11 is 1.60. The Balaban J connectivity index is 1.80. The van der Waals surface area contributed by atoms with Crippen molar-refractivity contribution in [3.63, 3.8) is 0 Å². The van der Waals surface area contributed by atoms with Gasteiger partial charge >= 0.3 is 0 Å². The summed E-state index contributed by atoms with van der Waals surface area (Å²) in [6, 6.07) is 7.95. The van der Waals surface area contributed by atoms with Gasteiger partial charge in [0.15, 0.2) is 0 Å². The Labute approximate surface area is 125 Å². The molecule has 1 fully saturated rings. The molecular formula is C16H23NO2S. The first-order valence-electron chi connectivity index (χ1n) is 7.32. The first-order valence-corrected chi connectivity index (χ1v) is 8.31. The minimum atomic E-state index is 0.260. The van der Waals surface area contributed by atoms with Crippen LogP contribution in [-0.4, -0.2) is 36.3 Å². The zero-order valence-corrected chi connectivity index (χ0v) is 13.1. The summed E-state index contributed by atoms with van der Waals surface area (Å²) < 4.78 is 5.41. The van der Waals surface area contributed by atoms with Crippen LogP contribution >= 0.6 is 11.8 Å². The first-order chi connectivity index (χ1) is 9.69. The van der Waals surface area contributed by atoms with Crippen LogP contribution in [0.2, 0.25) is 0 Å². The number of nitrogens with zero attached hydrogens (tertiary/aromatic N) is 1. The van der Waals surface area contributed by atoms with Crippen molar-refractivity contribution in [2.24, 2.45) is 5.92 Å². The number of carbonyl (C=O) groups is 1. The van der Waals surface area contributed by atoms with Gasteiger partial charge in [-0.2, -0.15) is 0 Å². The lowest BCUT2D eigenvalue weighted by atomic mass is 10.0. The van der Waals surface area contributed by atoms with Gasteiger partial charge in [0.2, 0.25) is 5.91 Å². The van der Waals surface area contributed by atoms with E-state index < -0.39 is 0 Å². The normalized spacial score (nSPS) is 18.9. The van der Waals surface area contributed by atoms with Gasteiger partial charge in [0.05, 0.1) is 12.4 Å². The molecule has 1 amide bonds. The van der Waals surface area contributed by atoms with Gasteiger partial charge in [-0.1, -0.05) is 6.92 Å². The van der Waals surface area contributed by atoms with Crippen molar-refractivity contribution in [1.82, 2.24) is 4.90 Å². The van der Waals surface area contributed by atoms with Crippen molar-refractivity contribution in [2.75, 3.05) is 25.4 Å². The fourth-order valence-corrected chi connectivity index (χ4v) is 3.25. The molecular weight excluding hydrogens is 270 g/mol. The van der Waals surface area contributed by atoms with E-state index in [1.807, 2.05) is 36.1 Å². The largest absolute Gasteiger partial charge is 0.494 e. The summed E-state index contributed by atoms with van der Waals surface area (Å²) in [4.78, 5) is 15.3. The number of carbonyl (C=O) groups excluding carboxylic acids is 1. The van der Waals surface area contributed by atoms with E-state index in [2.05, 4.69) is 6.92 Å². The second-order valence-corrected chi connectivity index (χ2v) is 6.33. The van der Waals surface area contributed by atoms with Gasteiger partial charge in [-0.3, -0.25) is 4.79 Å². The average molecular weight is 293 g/mol. The topological polar surface area (TPSA) is 29.5 Å². The number of amides is 1. The van der Waals surface area contributed by atoms with E-state index in [9.17, 15) is 4.79 Å². The highest BCUT2D eigenvalue weighted by Gasteiger charge is 2.20. The number of benzene rings is 1. The molecule has 1 atom stereocenters. The number of thioether (sulfide) groups is 1. The van der Waals surface area contributed by atoms with Gasteiger partial charge in [-0.25, -0.2) is 0 Å². The van der Waals surface area contributed by atoms with E-state index in [0.29, 0.717) is 18.3 Å². The Morgan fingerprint density at radius 2 is 2.15 bits per heavy atom. The molecule has 1 saturated heterocycles. The molecule has 0 radical (unpaired) electrons. The summed E-state index contributed by atoms with van der Waals surface area (Å²) in [6.45, 7) is 6.72. The molecule has 1 aliphatic heterocycles. The highest BCUT2D eigenvalue weighted by atomic mass is 32.2. The van der Waals surface area contributed by atoms with E-state index in [1.165, 1.54) is 6.42 Å². The van der Waals surface area contributed by atoms with Crippen molar-refractivity contribution in [3.8, 4) is 5.75 Å². The molecule has 1 aromatic carbocycles. The van der Waals surface area contributed by atoms with Crippen LogP contribution < -0.4 is 4.74 Å². The highest BCUT2D eigenvalue weighted by molar-refractivity contribution is 8.00. The number of piperidine rings is 1. The smallest absolute Gasteiger partial charge is 0.232 e. The van der Waals surface area contributed by atoms with Crippen LogP contribution in [0.25, 0.3) is 0 Å². The Hall–Kier alpha value is -1.16. The quantitative estimate of drug-likeness (QED) is 0.779. The molecule has 0 aliphatic carbocycles. The molecule has 0 spiro atoms. The molecule has 0 N–H and O–H groups in total. The van der Waals surface area contributed by atoms with Crippen LogP contribution in [0.3, 0.4) is 0 Å². The van der Waals surface area contributed by atoms with E-state index in [4.69, 9.17) is 4.74 Å².